The molecule has 2 aliphatic heterocycles. The van der Waals surface area contributed by atoms with Crippen molar-refractivity contribution in [2.24, 2.45) is 5.92 Å². The van der Waals surface area contributed by atoms with E-state index in [4.69, 9.17) is 4.74 Å². The fourth-order valence-electron chi connectivity index (χ4n) is 3.20. The van der Waals surface area contributed by atoms with Crippen LogP contribution in [0.3, 0.4) is 0 Å². The van der Waals surface area contributed by atoms with Crippen LogP contribution in [0.2, 0.25) is 0 Å². The summed E-state index contributed by atoms with van der Waals surface area (Å²) in [7, 11) is 0. The van der Waals surface area contributed by atoms with Crippen LogP contribution >= 0.6 is 0 Å². The van der Waals surface area contributed by atoms with Gasteiger partial charge in [0.15, 0.2) is 0 Å². The summed E-state index contributed by atoms with van der Waals surface area (Å²) < 4.78 is 5.92. The first-order valence-corrected chi connectivity index (χ1v) is 6.23. The molecule has 0 aromatic heterocycles. The first-order chi connectivity index (χ1) is 6.86. The normalized spacial score (nSPS) is 39.4. The van der Waals surface area contributed by atoms with Gasteiger partial charge in [-0.1, -0.05) is 6.42 Å². The Kier molecular flexibility index (Phi) is 2.29. The van der Waals surface area contributed by atoms with Gasteiger partial charge in [0.1, 0.15) is 0 Å². The average Bonchev–Trinajstić information content (AvgIpc) is 2.71. The highest BCUT2D eigenvalue weighted by molar-refractivity contribution is 4.95. The van der Waals surface area contributed by atoms with Crippen LogP contribution in [-0.4, -0.2) is 36.7 Å². The Labute approximate surface area is 86.6 Å². The fourth-order valence-corrected chi connectivity index (χ4v) is 3.20. The minimum atomic E-state index is 0.295. The lowest BCUT2D eigenvalue weighted by Gasteiger charge is -2.31. The molecule has 0 N–H and O–H groups in total. The second kappa shape index (κ2) is 3.49. The largest absolute Gasteiger partial charge is 0.374 e. The van der Waals surface area contributed by atoms with Crippen molar-refractivity contribution in [2.75, 3.05) is 26.2 Å². The number of hydrogen-bond donors (Lipinski definition) is 0. The predicted octanol–water partition coefficient (Wildman–Crippen LogP) is 2.04. The molecule has 3 rings (SSSR count). The van der Waals surface area contributed by atoms with Gasteiger partial charge in [0, 0.05) is 26.2 Å². The topological polar surface area (TPSA) is 12.5 Å². The van der Waals surface area contributed by atoms with Crippen LogP contribution in [0.15, 0.2) is 0 Å². The highest BCUT2D eigenvalue weighted by atomic mass is 16.5. The molecule has 0 bridgehead atoms. The number of likely N-dealkylation sites (tertiary alicyclic amines) is 1. The molecular formula is C12H21NO. The molecule has 3 aliphatic rings. The van der Waals surface area contributed by atoms with E-state index in [9.17, 15) is 0 Å². The Hall–Kier alpha value is -0.0800. The second-order valence-corrected chi connectivity index (χ2v) is 5.42. The Bertz CT molecular complexity index is 206. The van der Waals surface area contributed by atoms with Crippen molar-refractivity contribution in [2.45, 2.75) is 44.1 Å². The van der Waals surface area contributed by atoms with Gasteiger partial charge in [0.05, 0.1) is 5.60 Å². The van der Waals surface area contributed by atoms with Gasteiger partial charge in [0.2, 0.25) is 0 Å². The molecule has 0 aromatic rings. The van der Waals surface area contributed by atoms with Crippen LogP contribution in [0.4, 0.5) is 0 Å². The lowest BCUT2D eigenvalue weighted by atomic mass is 9.85. The lowest BCUT2D eigenvalue weighted by Crippen LogP contribution is -2.36. The van der Waals surface area contributed by atoms with E-state index < -0.39 is 0 Å². The van der Waals surface area contributed by atoms with E-state index in [-0.39, 0.29) is 0 Å². The maximum Gasteiger partial charge on any atom is 0.0821 e. The molecule has 1 saturated carbocycles. The summed E-state index contributed by atoms with van der Waals surface area (Å²) in [6.07, 6.45) is 8.32. The van der Waals surface area contributed by atoms with Gasteiger partial charge < -0.3 is 9.64 Å². The van der Waals surface area contributed by atoms with Crippen molar-refractivity contribution in [3.63, 3.8) is 0 Å². The molecule has 14 heavy (non-hydrogen) atoms. The van der Waals surface area contributed by atoms with E-state index >= 15 is 0 Å². The van der Waals surface area contributed by atoms with Crippen LogP contribution in [0, 0.1) is 5.92 Å². The maximum absolute atomic E-state index is 5.92. The Morgan fingerprint density at radius 2 is 2.14 bits per heavy atom. The van der Waals surface area contributed by atoms with Gasteiger partial charge >= 0.3 is 0 Å². The summed E-state index contributed by atoms with van der Waals surface area (Å²) in [5, 5.41) is 0. The zero-order valence-electron chi connectivity index (χ0n) is 9.00. The van der Waals surface area contributed by atoms with Crippen LogP contribution in [0.25, 0.3) is 0 Å². The summed E-state index contributed by atoms with van der Waals surface area (Å²) in [5.74, 6) is 1.02. The van der Waals surface area contributed by atoms with Gasteiger partial charge in [-0.3, -0.25) is 0 Å². The molecule has 0 radical (unpaired) electrons. The summed E-state index contributed by atoms with van der Waals surface area (Å²) in [6.45, 7) is 4.88. The van der Waals surface area contributed by atoms with Crippen LogP contribution < -0.4 is 0 Å². The van der Waals surface area contributed by atoms with Gasteiger partial charge in [-0.25, -0.2) is 0 Å². The molecule has 3 fully saturated rings. The highest BCUT2D eigenvalue weighted by Gasteiger charge is 2.42. The van der Waals surface area contributed by atoms with E-state index in [1.807, 2.05) is 0 Å². The molecule has 2 heteroatoms. The molecular weight excluding hydrogens is 174 g/mol. The third-order valence-electron chi connectivity index (χ3n) is 4.32. The van der Waals surface area contributed by atoms with Crippen molar-refractivity contribution < 1.29 is 4.74 Å². The summed E-state index contributed by atoms with van der Waals surface area (Å²) in [5.41, 5.74) is 0.295. The molecule has 0 amide bonds. The SMILES string of the molecule is C1CC(CN2CC[C@]3(CCCO3)C2)C1. The van der Waals surface area contributed by atoms with Crippen LogP contribution in [-0.2, 0) is 4.74 Å². The molecule has 2 heterocycles. The smallest absolute Gasteiger partial charge is 0.0821 e. The lowest BCUT2D eigenvalue weighted by molar-refractivity contribution is 0.0106. The van der Waals surface area contributed by atoms with Gasteiger partial charge in [-0.05, 0) is 38.0 Å². The van der Waals surface area contributed by atoms with Crippen molar-refractivity contribution in [3.8, 4) is 0 Å². The van der Waals surface area contributed by atoms with E-state index in [0.29, 0.717) is 5.60 Å². The van der Waals surface area contributed by atoms with Gasteiger partial charge in [-0.2, -0.15) is 0 Å². The van der Waals surface area contributed by atoms with Crippen molar-refractivity contribution in [3.05, 3.63) is 0 Å². The molecule has 0 aromatic carbocycles. The van der Waals surface area contributed by atoms with E-state index in [1.54, 1.807) is 0 Å². The van der Waals surface area contributed by atoms with Crippen LogP contribution in [0.5, 0.6) is 0 Å². The number of rotatable bonds is 2. The maximum atomic E-state index is 5.92. The molecule has 1 spiro atoms. The zero-order chi connectivity index (χ0) is 9.43. The Morgan fingerprint density at radius 3 is 2.79 bits per heavy atom. The highest BCUT2D eigenvalue weighted by Crippen LogP contribution is 2.36. The quantitative estimate of drug-likeness (QED) is 0.668. The monoisotopic (exact) mass is 195 g/mol. The van der Waals surface area contributed by atoms with Crippen molar-refractivity contribution in [1.29, 1.82) is 0 Å². The Balaban J connectivity index is 1.53. The van der Waals surface area contributed by atoms with Crippen LogP contribution in [0.1, 0.15) is 38.5 Å². The Morgan fingerprint density at radius 1 is 1.21 bits per heavy atom. The molecule has 1 aliphatic carbocycles. The summed E-state index contributed by atoms with van der Waals surface area (Å²) in [6, 6.07) is 0. The van der Waals surface area contributed by atoms with E-state index in [1.165, 1.54) is 58.2 Å². The summed E-state index contributed by atoms with van der Waals surface area (Å²) >= 11 is 0. The molecule has 0 unspecified atom stereocenters. The minimum Gasteiger partial charge on any atom is -0.374 e. The van der Waals surface area contributed by atoms with Crippen molar-refractivity contribution in [1.82, 2.24) is 4.90 Å². The van der Waals surface area contributed by atoms with Gasteiger partial charge in [0.25, 0.3) is 0 Å². The molecule has 2 saturated heterocycles. The average molecular weight is 195 g/mol. The first-order valence-electron chi connectivity index (χ1n) is 6.23. The number of hydrogen-bond acceptors (Lipinski definition) is 2. The molecule has 2 nitrogen and oxygen atoms in total. The second-order valence-electron chi connectivity index (χ2n) is 5.42. The van der Waals surface area contributed by atoms with E-state index in [0.717, 1.165) is 12.5 Å². The van der Waals surface area contributed by atoms with Gasteiger partial charge in [-0.15, -0.1) is 0 Å². The molecule has 80 valence electrons. The first kappa shape index (κ1) is 9.17. The van der Waals surface area contributed by atoms with E-state index in [2.05, 4.69) is 4.90 Å². The minimum absolute atomic E-state index is 0.295. The number of nitrogens with zero attached hydrogens (tertiary/aromatic N) is 1. The standard InChI is InChI=1S/C12H21NO/c1-3-11(4-1)9-13-7-6-12(10-13)5-2-8-14-12/h11H,1-10H2/t12-/m1/s1. The fraction of sp³-hybridized carbons (Fsp3) is 1.00. The predicted molar refractivity (Wildman–Crippen MR) is 56.3 cm³/mol. The molecule has 1 atom stereocenters. The summed E-state index contributed by atoms with van der Waals surface area (Å²) in [4.78, 5) is 2.65. The third kappa shape index (κ3) is 1.59. The number of ether oxygens (including phenoxy) is 1. The third-order valence-corrected chi connectivity index (χ3v) is 4.32. The van der Waals surface area contributed by atoms with Crippen molar-refractivity contribution >= 4 is 0 Å². The zero-order valence-corrected chi connectivity index (χ0v) is 9.00.